The zero-order valence-corrected chi connectivity index (χ0v) is 12.1. The van der Waals surface area contributed by atoms with Gasteiger partial charge >= 0.3 is 0 Å². The minimum atomic E-state index is -0.435. The largest absolute Gasteiger partial charge is 0.463 e. The summed E-state index contributed by atoms with van der Waals surface area (Å²) in [5.74, 6) is 0.932. The Kier molecular flexibility index (Phi) is 3.85. The maximum atomic E-state index is 11.3. The summed E-state index contributed by atoms with van der Waals surface area (Å²) in [5, 5.41) is 4.34. The van der Waals surface area contributed by atoms with Crippen molar-refractivity contribution >= 4 is 23.3 Å². The van der Waals surface area contributed by atoms with Crippen molar-refractivity contribution in [1.82, 2.24) is 5.32 Å². The first-order valence-electron chi connectivity index (χ1n) is 7.33. The fraction of sp³-hybridized carbons (Fsp3) is 0.375. The molecule has 1 aromatic carbocycles. The molecule has 116 valence electrons. The second kappa shape index (κ2) is 5.81. The van der Waals surface area contributed by atoms with Gasteiger partial charge in [-0.15, -0.1) is 0 Å². The number of nitrogens with two attached hydrogens (primary N) is 2. The van der Waals surface area contributed by atoms with Crippen molar-refractivity contribution in [3.05, 3.63) is 35.6 Å². The second-order valence-corrected chi connectivity index (χ2v) is 5.85. The van der Waals surface area contributed by atoms with Crippen LogP contribution in [0.4, 0.5) is 0 Å². The van der Waals surface area contributed by atoms with E-state index in [0.717, 1.165) is 23.4 Å². The molecule has 2 aromatic rings. The third-order valence-electron chi connectivity index (χ3n) is 4.66. The van der Waals surface area contributed by atoms with Crippen LogP contribution in [0.3, 0.4) is 0 Å². The molecular formula is C16H19N3O3. The first-order chi connectivity index (χ1) is 10.6. The average molecular weight is 301 g/mol. The van der Waals surface area contributed by atoms with Gasteiger partial charge in [0.2, 0.25) is 6.41 Å². The second-order valence-electron chi connectivity index (χ2n) is 5.85. The Hall–Kier alpha value is -2.34. The molecule has 6 heteroatoms. The fourth-order valence-corrected chi connectivity index (χ4v) is 3.71. The van der Waals surface area contributed by atoms with Crippen molar-refractivity contribution < 1.29 is 14.0 Å². The fourth-order valence-electron chi connectivity index (χ4n) is 3.71. The summed E-state index contributed by atoms with van der Waals surface area (Å²) in [6.45, 7) is 1.12. The summed E-state index contributed by atoms with van der Waals surface area (Å²) in [5.41, 5.74) is 12.1. The van der Waals surface area contributed by atoms with Gasteiger partial charge in [0, 0.05) is 11.4 Å². The molecule has 1 aliphatic carbocycles. The highest BCUT2D eigenvalue weighted by Gasteiger charge is 2.40. The van der Waals surface area contributed by atoms with E-state index in [2.05, 4.69) is 23.2 Å². The van der Waals surface area contributed by atoms with Crippen LogP contribution in [0.25, 0.3) is 11.0 Å². The number of hydrogen-bond acceptors (Lipinski definition) is 4. The van der Waals surface area contributed by atoms with Gasteiger partial charge in [-0.05, 0) is 42.9 Å². The number of primary amides is 2. The van der Waals surface area contributed by atoms with E-state index in [4.69, 9.17) is 14.9 Å². The van der Waals surface area contributed by atoms with Gasteiger partial charge in [-0.1, -0.05) is 12.1 Å². The summed E-state index contributed by atoms with van der Waals surface area (Å²) in [7, 11) is 0. The first-order valence-corrected chi connectivity index (χ1v) is 7.33. The van der Waals surface area contributed by atoms with Crippen molar-refractivity contribution in [2.45, 2.75) is 24.8 Å². The molecule has 4 rings (SSSR count). The first kappa shape index (κ1) is 14.6. The maximum absolute atomic E-state index is 11.3. The molecule has 22 heavy (non-hydrogen) atoms. The maximum Gasteiger partial charge on any atom is 0.252 e. The minimum Gasteiger partial charge on any atom is -0.463 e. The molecule has 5 N–H and O–H groups in total. The lowest BCUT2D eigenvalue weighted by atomic mass is 9.87. The number of fused-ring (bicyclic) bond motifs is 3. The molecule has 2 amide bonds. The van der Waals surface area contributed by atoms with Crippen LogP contribution in [0.1, 0.15) is 34.7 Å². The van der Waals surface area contributed by atoms with Gasteiger partial charge in [0.25, 0.3) is 5.91 Å². The minimum absolute atomic E-state index is 0.250. The quantitative estimate of drug-likeness (QED) is 0.721. The Morgan fingerprint density at radius 2 is 2.14 bits per heavy atom. The van der Waals surface area contributed by atoms with Gasteiger partial charge in [0.15, 0.2) is 0 Å². The van der Waals surface area contributed by atoms with Crippen LogP contribution in [-0.2, 0) is 4.79 Å². The van der Waals surface area contributed by atoms with Gasteiger partial charge in [-0.2, -0.15) is 0 Å². The van der Waals surface area contributed by atoms with E-state index >= 15 is 0 Å². The zero-order valence-electron chi connectivity index (χ0n) is 12.1. The molecule has 1 saturated heterocycles. The molecule has 1 saturated carbocycles. The van der Waals surface area contributed by atoms with Gasteiger partial charge in [0.05, 0.1) is 5.56 Å². The van der Waals surface area contributed by atoms with Crippen molar-refractivity contribution in [2.75, 3.05) is 6.54 Å². The predicted molar refractivity (Wildman–Crippen MR) is 82.2 cm³/mol. The lowest BCUT2D eigenvalue weighted by molar-refractivity contribution is -0.106. The third-order valence-corrected chi connectivity index (χ3v) is 4.66. The standard InChI is InChI=1S/C15H16N2O2.CH3NO/c16-15(18)13-7-19-14-4-8(1-2-11(13)14)12-5-10-3-9(12)6-17-10;2-1-3/h1-2,4,7,9-10,12,17H,3,5-6H2,(H2,16,18);1H,(H2,2,3). The molecule has 0 radical (unpaired) electrons. The van der Waals surface area contributed by atoms with Crippen LogP contribution in [-0.4, -0.2) is 24.9 Å². The normalized spacial score (nSPS) is 25.7. The summed E-state index contributed by atoms with van der Waals surface area (Å²) in [4.78, 5) is 19.9. The van der Waals surface area contributed by atoms with Crippen molar-refractivity contribution in [3.63, 3.8) is 0 Å². The molecule has 2 heterocycles. The van der Waals surface area contributed by atoms with E-state index in [1.54, 1.807) is 0 Å². The number of hydrogen-bond donors (Lipinski definition) is 3. The topological polar surface area (TPSA) is 111 Å². The zero-order chi connectivity index (χ0) is 15.7. The molecule has 1 aliphatic heterocycles. The Morgan fingerprint density at radius 1 is 1.36 bits per heavy atom. The highest BCUT2D eigenvalue weighted by Crippen LogP contribution is 2.43. The van der Waals surface area contributed by atoms with Crippen molar-refractivity contribution in [3.8, 4) is 0 Å². The van der Waals surface area contributed by atoms with E-state index < -0.39 is 5.91 Å². The summed E-state index contributed by atoms with van der Waals surface area (Å²) in [6, 6.07) is 6.85. The number of benzene rings is 1. The SMILES string of the molecule is NC(=O)c1coc2cc(C3CC4CC3CN4)ccc12.NC=O. The third kappa shape index (κ3) is 2.46. The summed E-state index contributed by atoms with van der Waals surface area (Å²) in [6.07, 6.45) is 4.20. The van der Waals surface area contributed by atoms with E-state index in [9.17, 15) is 4.79 Å². The van der Waals surface area contributed by atoms with E-state index in [1.165, 1.54) is 24.7 Å². The highest BCUT2D eigenvalue weighted by molar-refractivity contribution is 6.05. The Bertz CT molecular complexity index is 710. The smallest absolute Gasteiger partial charge is 0.252 e. The Labute approximate surface area is 127 Å². The van der Waals surface area contributed by atoms with E-state index in [0.29, 0.717) is 17.5 Å². The van der Waals surface area contributed by atoms with Crippen LogP contribution in [0.15, 0.2) is 28.9 Å². The monoisotopic (exact) mass is 301 g/mol. The number of piperidine rings is 1. The van der Waals surface area contributed by atoms with Crippen molar-refractivity contribution in [2.24, 2.45) is 17.4 Å². The molecule has 6 nitrogen and oxygen atoms in total. The highest BCUT2D eigenvalue weighted by atomic mass is 16.3. The molecule has 2 bridgehead atoms. The number of rotatable bonds is 2. The number of nitrogens with one attached hydrogen (secondary N) is 1. The number of carbonyl (C=O) groups excluding carboxylic acids is 2. The van der Waals surface area contributed by atoms with E-state index in [-0.39, 0.29) is 6.41 Å². The number of carbonyl (C=O) groups is 2. The van der Waals surface area contributed by atoms with Crippen LogP contribution in [0.5, 0.6) is 0 Å². The van der Waals surface area contributed by atoms with Gasteiger partial charge in [-0.3, -0.25) is 9.59 Å². The van der Waals surface area contributed by atoms with E-state index in [1.807, 2.05) is 6.07 Å². The number of amides is 2. The molecular weight excluding hydrogens is 282 g/mol. The Balaban J connectivity index is 0.000000446. The lowest BCUT2D eigenvalue weighted by Gasteiger charge is -2.22. The lowest BCUT2D eigenvalue weighted by Crippen LogP contribution is -2.28. The summed E-state index contributed by atoms with van der Waals surface area (Å²) < 4.78 is 5.47. The molecule has 2 fully saturated rings. The van der Waals surface area contributed by atoms with Gasteiger partial charge < -0.3 is 21.2 Å². The Morgan fingerprint density at radius 3 is 2.73 bits per heavy atom. The molecule has 3 unspecified atom stereocenters. The average Bonchev–Trinajstić information content (AvgIpc) is 3.21. The molecule has 0 spiro atoms. The van der Waals surface area contributed by atoms with Crippen LogP contribution >= 0.6 is 0 Å². The van der Waals surface area contributed by atoms with Crippen LogP contribution < -0.4 is 16.8 Å². The van der Waals surface area contributed by atoms with Gasteiger partial charge in [-0.25, -0.2) is 0 Å². The summed E-state index contributed by atoms with van der Waals surface area (Å²) >= 11 is 0. The molecule has 3 atom stereocenters. The number of furan rings is 1. The predicted octanol–water partition coefficient (Wildman–Crippen LogP) is 1.10. The van der Waals surface area contributed by atoms with Crippen LogP contribution in [0, 0.1) is 5.92 Å². The van der Waals surface area contributed by atoms with Gasteiger partial charge in [0.1, 0.15) is 11.8 Å². The molecule has 1 aromatic heterocycles. The van der Waals surface area contributed by atoms with Crippen LogP contribution in [0.2, 0.25) is 0 Å². The van der Waals surface area contributed by atoms with Crippen molar-refractivity contribution in [1.29, 1.82) is 0 Å². The molecule has 2 aliphatic rings.